The average Bonchev–Trinajstić information content (AvgIpc) is 3.48. The lowest BCUT2D eigenvalue weighted by Crippen LogP contribution is -2.30. The third kappa shape index (κ3) is 68.2. The summed E-state index contributed by atoms with van der Waals surface area (Å²) in [6.07, 6.45) is 90.3. The second-order valence-corrected chi connectivity index (χ2v) is 24.9. The molecule has 6 nitrogen and oxygen atoms in total. The molecule has 0 aromatic rings. The Hall–Kier alpha value is -2.63. The lowest BCUT2D eigenvalue weighted by atomic mass is 10.0. The molecule has 0 aliphatic rings. The first-order valence-corrected chi connectivity index (χ1v) is 36.6. The Morgan fingerprint density at radius 2 is 0.439 bits per heavy atom. The van der Waals surface area contributed by atoms with E-state index in [9.17, 15) is 14.4 Å². The van der Waals surface area contributed by atoms with E-state index in [1.165, 1.54) is 289 Å². The van der Waals surface area contributed by atoms with E-state index in [2.05, 4.69) is 69.4 Å². The van der Waals surface area contributed by atoms with Crippen molar-refractivity contribution in [2.75, 3.05) is 13.2 Å². The molecule has 0 saturated carbocycles. The van der Waals surface area contributed by atoms with Crippen LogP contribution in [-0.2, 0) is 28.6 Å². The van der Waals surface area contributed by atoms with Crippen molar-refractivity contribution in [2.24, 2.45) is 0 Å². The molecular weight excluding hydrogens is 1010 g/mol. The standard InChI is InChI=1S/C76H140O6/c1-4-7-10-13-16-19-21-23-25-27-29-31-33-35-36-37-38-39-40-42-43-45-47-49-51-53-55-57-60-63-66-69-75(78)81-72-73(71-80-74(77)68-65-62-59-18-15-12-9-6-3)82-76(79)70-67-64-61-58-56-54-52-50-48-46-44-41-34-32-30-28-26-24-22-20-17-14-11-8-5-2/h22,24,27-30,34,41,73H,4-21,23,25-26,31-33,35-40,42-72H2,1-3H3/b24-22-,29-27-,30-28-,41-34-. The summed E-state index contributed by atoms with van der Waals surface area (Å²) >= 11 is 0. The molecule has 0 aliphatic carbocycles. The molecule has 6 heteroatoms. The summed E-state index contributed by atoms with van der Waals surface area (Å²) in [4.78, 5) is 38.3. The largest absolute Gasteiger partial charge is 0.462 e. The van der Waals surface area contributed by atoms with Crippen molar-refractivity contribution in [1.82, 2.24) is 0 Å². The van der Waals surface area contributed by atoms with Crippen LogP contribution in [0.1, 0.15) is 400 Å². The number of hydrogen-bond acceptors (Lipinski definition) is 6. The minimum absolute atomic E-state index is 0.0698. The number of allylic oxidation sites excluding steroid dienone is 8. The zero-order valence-corrected chi connectivity index (χ0v) is 55.3. The molecule has 0 rings (SSSR count). The Kier molecular flexibility index (Phi) is 68.6. The van der Waals surface area contributed by atoms with Crippen LogP contribution in [0.3, 0.4) is 0 Å². The van der Waals surface area contributed by atoms with Gasteiger partial charge in [0.15, 0.2) is 6.10 Å². The molecule has 0 aromatic carbocycles. The fourth-order valence-electron chi connectivity index (χ4n) is 11.0. The topological polar surface area (TPSA) is 78.9 Å². The molecule has 0 heterocycles. The van der Waals surface area contributed by atoms with Crippen LogP contribution in [0.4, 0.5) is 0 Å². The van der Waals surface area contributed by atoms with Crippen LogP contribution in [0.15, 0.2) is 48.6 Å². The SMILES string of the molecule is CCCCCCC/C=C\C/C=C\C/C=C\CCCCCCCCCCCCC(=O)OC(COC(=O)CCCCCCCCCC)COC(=O)CCCCCCCCCCCCCCCCCCCCC/C=C\CCCCCCCCCC. The van der Waals surface area contributed by atoms with Gasteiger partial charge >= 0.3 is 17.9 Å². The first-order chi connectivity index (χ1) is 40.5. The van der Waals surface area contributed by atoms with Gasteiger partial charge in [-0.1, -0.05) is 345 Å². The Bertz CT molecular complexity index is 1410. The highest BCUT2D eigenvalue weighted by molar-refractivity contribution is 5.71. The first kappa shape index (κ1) is 79.4. The van der Waals surface area contributed by atoms with Gasteiger partial charge in [0.1, 0.15) is 13.2 Å². The van der Waals surface area contributed by atoms with Gasteiger partial charge < -0.3 is 14.2 Å². The number of esters is 3. The predicted octanol–water partition coefficient (Wildman–Crippen LogP) is 25.3. The summed E-state index contributed by atoms with van der Waals surface area (Å²) in [6, 6.07) is 0. The Morgan fingerprint density at radius 3 is 0.695 bits per heavy atom. The van der Waals surface area contributed by atoms with E-state index >= 15 is 0 Å². The van der Waals surface area contributed by atoms with Gasteiger partial charge in [0.05, 0.1) is 0 Å². The summed E-state index contributed by atoms with van der Waals surface area (Å²) in [5, 5.41) is 0. The van der Waals surface area contributed by atoms with E-state index in [-0.39, 0.29) is 31.1 Å². The van der Waals surface area contributed by atoms with E-state index < -0.39 is 6.10 Å². The van der Waals surface area contributed by atoms with E-state index in [1.807, 2.05) is 0 Å². The molecule has 0 spiro atoms. The van der Waals surface area contributed by atoms with Crippen molar-refractivity contribution in [3.05, 3.63) is 48.6 Å². The highest BCUT2D eigenvalue weighted by Crippen LogP contribution is 2.18. The highest BCUT2D eigenvalue weighted by Gasteiger charge is 2.19. The lowest BCUT2D eigenvalue weighted by molar-refractivity contribution is -0.167. The van der Waals surface area contributed by atoms with Gasteiger partial charge in [-0.05, 0) is 83.5 Å². The molecule has 0 amide bonds. The highest BCUT2D eigenvalue weighted by atomic mass is 16.6. The summed E-state index contributed by atoms with van der Waals surface area (Å²) in [5.74, 6) is -0.854. The minimum Gasteiger partial charge on any atom is -0.462 e. The smallest absolute Gasteiger partial charge is 0.306 e. The van der Waals surface area contributed by atoms with E-state index in [1.54, 1.807) is 0 Å². The Labute approximate surface area is 511 Å². The van der Waals surface area contributed by atoms with Gasteiger partial charge in [0, 0.05) is 19.3 Å². The van der Waals surface area contributed by atoms with Gasteiger partial charge in [-0.15, -0.1) is 0 Å². The zero-order chi connectivity index (χ0) is 59.2. The second-order valence-electron chi connectivity index (χ2n) is 24.9. The third-order valence-corrected chi connectivity index (χ3v) is 16.6. The molecule has 0 aliphatic heterocycles. The minimum atomic E-state index is -0.772. The maximum Gasteiger partial charge on any atom is 0.306 e. The molecule has 82 heavy (non-hydrogen) atoms. The molecule has 480 valence electrons. The molecule has 0 saturated heterocycles. The number of rotatable bonds is 68. The first-order valence-electron chi connectivity index (χ1n) is 36.6. The third-order valence-electron chi connectivity index (χ3n) is 16.6. The molecule has 0 bridgehead atoms. The molecule has 0 fully saturated rings. The zero-order valence-electron chi connectivity index (χ0n) is 55.3. The van der Waals surface area contributed by atoms with Crippen LogP contribution in [-0.4, -0.2) is 37.2 Å². The van der Waals surface area contributed by atoms with E-state index in [0.717, 1.165) is 70.6 Å². The van der Waals surface area contributed by atoms with Crippen LogP contribution >= 0.6 is 0 Å². The summed E-state index contributed by atoms with van der Waals surface area (Å²) in [6.45, 7) is 6.66. The maximum absolute atomic E-state index is 12.9. The molecule has 1 unspecified atom stereocenters. The number of carbonyl (C=O) groups is 3. The van der Waals surface area contributed by atoms with Gasteiger partial charge in [-0.3, -0.25) is 14.4 Å². The number of carbonyl (C=O) groups excluding carboxylic acids is 3. The predicted molar refractivity (Wildman–Crippen MR) is 358 cm³/mol. The van der Waals surface area contributed by atoms with Gasteiger partial charge in [-0.2, -0.15) is 0 Å². The molecular formula is C76H140O6. The molecule has 1 atom stereocenters. The van der Waals surface area contributed by atoms with E-state index in [4.69, 9.17) is 14.2 Å². The fraction of sp³-hybridized carbons (Fsp3) is 0.855. The summed E-state index contributed by atoms with van der Waals surface area (Å²) in [5.41, 5.74) is 0. The monoisotopic (exact) mass is 1150 g/mol. The average molecular weight is 1150 g/mol. The van der Waals surface area contributed by atoms with Crippen molar-refractivity contribution in [1.29, 1.82) is 0 Å². The van der Waals surface area contributed by atoms with Gasteiger partial charge in [0.25, 0.3) is 0 Å². The van der Waals surface area contributed by atoms with Crippen LogP contribution in [0, 0.1) is 0 Å². The Morgan fingerprint density at radius 1 is 0.244 bits per heavy atom. The normalized spacial score (nSPS) is 12.3. The summed E-state index contributed by atoms with van der Waals surface area (Å²) < 4.78 is 16.9. The number of unbranched alkanes of at least 4 members (excludes halogenated alkanes) is 49. The van der Waals surface area contributed by atoms with Crippen LogP contribution in [0.5, 0.6) is 0 Å². The molecule has 0 N–H and O–H groups in total. The van der Waals surface area contributed by atoms with Crippen molar-refractivity contribution in [2.45, 2.75) is 406 Å². The number of hydrogen-bond donors (Lipinski definition) is 0. The second kappa shape index (κ2) is 70.9. The van der Waals surface area contributed by atoms with E-state index in [0.29, 0.717) is 19.3 Å². The van der Waals surface area contributed by atoms with Crippen molar-refractivity contribution in [3.8, 4) is 0 Å². The fourth-order valence-corrected chi connectivity index (χ4v) is 11.0. The quantitative estimate of drug-likeness (QED) is 0.0261. The Balaban J connectivity index is 4.05. The van der Waals surface area contributed by atoms with Crippen molar-refractivity contribution >= 4 is 17.9 Å². The lowest BCUT2D eigenvalue weighted by Gasteiger charge is -2.18. The van der Waals surface area contributed by atoms with Crippen LogP contribution in [0.25, 0.3) is 0 Å². The van der Waals surface area contributed by atoms with Crippen LogP contribution in [0.2, 0.25) is 0 Å². The molecule has 0 aromatic heterocycles. The summed E-state index contributed by atoms with van der Waals surface area (Å²) in [7, 11) is 0. The number of ether oxygens (including phenoxy) is 3. The van der Waals surface area contributed by atoms with Crippen molar-refractivity contribution < 1.29 is 28.6 Å². The van der Waals surface area contributed by atoms with Crippen molar-refractivity contribution in [3.63, 3.8) is 0 Å². The van der Waals surface area contributed by atoms with Gasteiger partial charge in [0.2, 0.25) is 0 Å². The van der Waals surface area contributed by atoms with Crippen LogP contribution < -0.4 is 0 Å². The van der Waals surface area contributed by atoms with Gasteiger partial charge in [-0.25, -0.2) is 0 Å². The molecule has 0 radical (unpaired) electrons. The maximum atomic E-state index is 12.9.